The van der Waals surface area contributed by atoms with Gasteiger partial charge in [0.05, 0.1) is 17.6 Å². The van der Waals surface area contributed by atoms with E-state index in [1.165, 1.54) is 0 Å². The Labute approximate surface area is 239 Å². The molecular formula is C36H30N2O3. The SMILES string of the molecule is CN(C)c1cc2oc3cc(=[N+](C)C)c(-c4ccccc4)cc-3c(-c3ccccc3C(=O)[O-])c2cc1-c1ccccc1. The molecule has 202 valence electrons. The Morgan fingerprint density at radius 3 is 1.93 bits per heavy atom. The van der Waals surface area contributed by atoms with Crippen molar-refractivity contribution in [2.45, 2.75) is 0 Å². The lowest BCUT2D eigenvalue weighted by Crippen LogP contribution is -2.24. The minimum Gasteiger partial charge on any atom is -0.545 e. The third-order valence-corrected chi connectivity index (χ3v) is 7.50. The molecule has 1 aliphatic heterocycles. The largest absolute Gasteiger partial charge is 0.545 e. The fourth-order valence-electron chi connectivity index (χ4n) is 5.57. The van der Waals surface area contributed by atoms with Gasteiger partial charge in [0.1, 0.15) is 25.4 Å². The number of hydrogen-bond donors (Lipinski definition) is 0. The molecule has 0 bridgehead atoms. The third kappa shape index (κ3) is 4.66. The topological polar surface area (TPSA) is 59.5 Å². The fraction of sp³-hybridized carbons (Fsp3) is 0.111. The average Bonchev–Trinajstić information content (AvgIpc) is 2.99. The van der Waals surface area contributed by atoms with Crippen molar-refractivity contribution in [1.29, 1.82) is 0 Å². The highest BCUT2D eigenvalue weighted by Crippen LogP contribution is 2.45. The van der Waals surface area contributed by atoms with E-state index in [-0.39, 0.29) is 5.56 Å². The van der Waals surface area contributed by atoms with Crippen LogP contribution < -0.4 is 19.9 Å². The summed E-state index contributed by atoms with van der Waals surface area (Å²) in [4.78, 5) is 14.5. The van der Waals surface area contributed by atoms with E-state index in [9.17, 15) is 9.90 Å². The lowest BCUT2D eigenvalue weighted by Gasteiger charge is -2.23. The van der Waals surface area contributed by atoms with Gasteiger partial charge in [0, 0.05) is 53.5 Å². The molecule has 6 rings (SSSR count). The van der Waals surface area contributed by atoms with Crippen molar-refractivity contribution in [1.82, 2.24) is 4.58 Å². The number of benzene rings is 5. The quantitative estimate of drug-likeness (QED) is 0.200. The maximum absolute atomic E-state index is 12.4. The van der Waals surface area contributed by atoms with E-state index in [0.717, 1.165) is 49.8 Å². The first-order chi connectivity index (χ1) is 19.8. The molecule has 41 heavy (non-hydrogen) atoms. The van der Waals surface area contributed by atoms with E-state index in [2.05, 4.69) is 45.9 Å². The Kier molecular flexibility index (Phi) is 6.64. The van der Waals surface area contributed by atoms with Crippen LogP contribution in [0.15, 0.2) is 114 Å². The van der Waals surface area contributed by atoms with Gasteiger partial charge in [-0.2, -0.15) is 0 Å². The van der Waals surface area contributed by atoms with Gasteiger partial charge < -0.3 is 19.2 Å². The minimum atomic E-state index is -1.22. The molecule has 0 N–H and O–H groups in total. The molecule has 0 unspecified atom stereocenters. The molecule has 5 nitrogen and oxygen atoms in total. The van der Waals surface area contributed by atoms with Crippen molar-refractivity contribution in [3.05, 3.63) is 120 Å². The number of carbonyl (C=O) groups excluding carboxylic acids is 1. The number of carboxylic acids is 1. The van der Waals surface area contributed by atoms with Gasteiger partial charge in [-0.1, -0.05) is 84.9 Å². The van der Waals surface area contributed by atoms with Gasteiger partial charge in [0.15, 0.2) is 0 Å². The van der Waals surface area contributed by atoms with Gasteiger partial charge in [-0.3, -0.25) is 0 Å². The van der Waals surface area contributed by atoms with Crippen molar-refractivity contribution in [3.8, 4) is 44.7 Å². The van der Waals surface area contributed by atoms with Crippen LogP contribution in [0, 0.1) is 0 Å². The zero-order chi connectivity index (χ0) is 28.7. The highest BCUT2D eigenvalue weighted by molar-refractivity contribution is 6.09. The maximum Gasteiger partial charge on any atom is 0.211 e. The second kappa shape index (κ2) is 10.4. The molecule has 0 spiro atoms. The number of carboxylic acid groups (broad SMARTS) is 1. The Bertz CT molecular complexity index is 1950. The summed E-state index contributed by atoms with van der Waals surface area (Å²) in [5, 5.41) is 14.2. The Hall–Kier alpha value is -5.16. The van der Waals surface area contributed by atoms with Crippen molar-refractivity contribution in [2.75, 3.05) is 33.1 Å². The molecule has 4 aromatic rings. The molecule has 5 heteroatoms. The molecule has 1 heterocycles. The predicted octanol–water partition coefficient (Wildman–Crippen LogP) is 6.00. The van der Waals surface area contributed by atoms with E-state index >= 15 is 0 Å². The molecule has 0 aromatic heterocycles. The first-order valence-electron chi connectivity index (χ1n) is 13.5. The van der Waals surface area contributed by atoms with Crippen molar-refractivity contribution >= 4 is 22.6 Å². The molecule has 0 amide bonds. The predicted molar refractivity (Wildman–Crippen MR) is 165 cm³/mol. The van der Waals surface area contributed by atoms with Gasteiger partial charge in [0.25, 0.3) is 0 Å². The van der Waals surface area contributed by atoms with Gasteiger partial charge in [-0.05, 0) is 28.8 Å². The van der Waals surface area contributed by atoms with Crippen LogP contribution in [0.2, 0.25) is 0 Å². The minimum absolute atomic E-state index is 0.136. The second-order valence-electron chi connectivity index (χ2n) is 10.6. The smallest absolute Gasteiger partial charge is 0.211 e. The number of nitrogens with zero attached hydrogens (tertiary/aromatic N) is 2. The van der Waals surface area contributed by atoms with Gasteiger partial charge >= 0.3 is 0 Å². The van der Waals surface area contributed by atoms with Crippen LogP contribution in [0.25, 0.3) is 55.7 Å². The summed E-state index contributed by atoms with van der Waals surface area (Å²) in [6.45, 7) is 0. The number of rotatable bonds is 5. The average molecular weight is 539 g/mol. The first kappa shape index (κ1) is 26.1. The number of carbonyl (C=O) groups is 1. The van der Waals surface area contributed by atoms with Crippen LogP contribution in [-0.2, 0) is 0 Å². The number of fused-ring (bicyclic) bond motifs is 2. The van der Waals surface area contributed by atoms with E-state index in [4.69, 9.17) is 4.42 Å². The highest BCUT2D eigenvalue weighted by Gasteiger charge is 2.24. The van der Waals surface area contributed by atoms with Crippen LogP contribution in [0.3, 0.4) is 0 Å². The lowest BCUT2D eigenvalue weighted by molar-refractivity contribution is -0.254. The van der Waals surface area contributed by atoms with E-state index in [0.29, 0.717) is 16.9 Å². The maximum atomic E-state index is 12.4. The van der Waals surface area contributed by atoms with E-state index in [1.54, 1.807) is 12.1 Å². The Morgan fingerprint density at radius 2 is 1.32 bits per heavy atom. The molecule has 0 radical (unpaired) electrons. The summed E-state index contributed by atoms with van der Waals surface area (Å²) in [7, 11) is 8.04. The Morgan fingerprint density at radius 1 is 0.707 bits per heavy atom. The van der Waals surface area contributed by atoms with Crippen molar-refractivity contribution in [2.24, 2.45) is 0 Å². The van der Waals surface area contributed by atoms with Gasteiger partial charge in [-0.25, -0.2) is 4.58 Å². The normalized spacial score (nSPS) is 11.1. The number of anilines is 1. The summed E-state index contributed by atoms with van der Waals surface area (Å²) in [5.41, 5.74) is 8.19. The first-order valence-corrected chi connectivity index (χ1v) is 13.5. The monoisotopic (exact) mass is 538 g/mol. The molecule has 0 atom stereocenters. The van der Waals surface area contributed by atoms with Crippen molar-refractivity contribution < 1.29 is 14.3 Å². The van der Waals surface area contributed by atoms with Crippen LogP contribution in [-0.4, -0.2) is 34.2 Å². The summed E-state index contributed by atoms with van der Waals surface area (Å²) < 4.78 is 8.73. The van der Waals surface area contributed by atoms with Gasteiger partial charge in [0.2, 0.25) is 5.36 Å². The number of hydrogen-bond acceptors (Lipinski definition) is 4. The standard InChI is InChI=1S/C36H30N2O3/c1-37(2)31-21-33-29(19-27(31)23-13-7-5-8-14-23)35(25-17-11-12-18-26(25)36(39)40)30-20-28(24-15-9-6-10-16-24)32(38(3)4)22-34(30)41-33/h5-22H,1-4H3. The Balaban J connectivity index is 1.83. The van der Waals surface area contributed by atoms with Crippen molar-refractivity contribution in [3.63, 3.8) is 0 Å². The molecular weight excluding hydrogens is 508 g/mol. The summed E-state index contributed by atoms with van der Waals surface area (Å²) in [5.74, 6) is -0.551. The van der Waals surface area contributed by atoms with Crippen LogP contribution >= 0.6 is 0 Å². The molecule has 0 saturated carbocycles. The highest BCUT2D eigenvalue weighted by atomic mass is 16.4. The summed E-state index contributed by atoms with van der Waals surface area (Å²) in [6, 6.07) is 35.8. The van der Waals surface area contributed by atoms with E-state index in [1.807, 2.05) is 88.9 Å². The zero-order valence-electron chi connectivity index (χ0n) is 23.5. The van der Waals surface area contributed by atoms with Crippen LogP contribution in [0.1, 0.15) is 10.4 Å². The third-order valence-electron chi connectivity index (χ3n) is 7.50. The lowest BCUT2D eigenvalue weighted by atomic mass is 9.87. The zero-order valence-corrected chi connectivity index (χ0v) is 23.5. The molecule has 4 aromatic carbocycles. The fourth-order valence-corrected chi connectivity index (χ4v) is 5.57. The van der Waals surface area contributed by atoms with Crippen LogP contribution in [0.4, 0.5) is 5.69 Å². The molecule has 0 fully saturated rings. The number of aromatic carboxylic acids is 1. The summed E-state index contributed by atoms with van der Waals surface area (Å²) >= 11 is 0. The van der Waals surface area contributed by atoms with Crippen LogP contribution in [0.5, 0.6) is 0 Å². The molecule has 0 saturated heterocycles. The second-order valence-corrected chi connectivity index (χ2v) is 10.6. The molecule has 1 aliphatic carbocycles. The molecule has 2 aliphatic rings. The van der Waals surface area contributed by atoms with Gasteiger partial charge in [-0.15, -0.1) is 0 Å². The summed E-state index contributed by atoms with van der Waals surface area (Å²) in [6.07, 6.45) is 0. The van der Waals surface area contributed by atoms with E-state index < -0.39 is 5.97 Å².